The number of rotatable bonds is 2. The number of hydrogen-bond acceptors (Lipinski definition) is 2. The predicted octanol–water partition coefficient (Wildman–Crippen LogP) is 3.39. The van der Waals surface area contributed by atoms with Crippen molar-refractivity contribution in [2.75, 3.05) is 11.9 Å². The van der Waals surface area contributed by atoms with E-state index in [1.54, 1.807) is 6.07 Å². The van der Waals surface area contributed by atoms with Gasteiger partial charge in [0.1, 0.15) is 6.10 Å². The zero-order valence-corrected chi connectivity index (χ0v) is 10.6. The molecule has 2 aromatic carbocycles. The van der Waals surface area contributed by atoms with Gasteiger partial charge in [0, 0.05) is 28.4 Å². The van der Waals surface area contributed by atoms with E-state index in [0.29, 0.717) is 5.02 Å². The van der Waals surface area contributed by atoms with Gasteiger partial charge in [-0.1, -0.05) is 48.0 Å². The molecule has 0 saturated heterocycles. The maximum Gasteiger partial charge on any atom is 0.107 e. The minimum Gasteiger partial charge on any atom is -0.384 e. The SMILES string of the molecule is OC(c1ccccc1Cl)c1cccc2c1NCC2. The topological polar surface area (TPSA) is 32.3 Å². The largest absolute Gasteiger partial charge is 0.384 e. The number of halogens is 1. The second-order valence-electron chi connectivity index (χ2n) is 4.48. The third kappa shape index (κ3) is 1.88. The van der Waals surface area contributed by atoms with Crippen molar-refractivity contribution in [2.45, 2.75) is 12.5 Å². The van der Waals surface area contributed by atoms with Crippen LogP contribution in [0.15, 0.2) is 42.5 Å². The number of fused-ring (bicyclic) bond motifs is 1. The lowest BCUT2D eigenvalue weighted by Crippen LogP contribution is -2.04. The summed E-state index contributed by atoms with van der Waals surface area (Å²) in [5.74, 6) is 0. The van der Waals surface area contributed by atoms with Crippen LogP contribution < -0.4 is 5.32 Å². The molecule has 2 N–H and O–H groups in total. The van der Waals surface area contributed by atoms with Gasteiger partial charge in [-0.05, 0) is 18.1 Å². The molecule has 2 nitrogen and oxygen atoms in total. The molecule has 0 fully saturated rings. The average Bonchev–Trinajstić information content (AvgIpc) is 2.86. The second-order valence-corrected chi connectivity index (χ2v) is 4.89. The van der Waals surface area contributed by atoms with E-state index in [1.165, 1.54) is 5.56 Å². The molecule has 0 aliphatic carbocycles. The van der Waals surface area contributed by atoms with Crippen molar-refractivity contribution in [2.24, 2.45) is 0 Å². The highest BCUT2D eigenvalue weighted by molar-refractivity contribution is 6.31. The lowest BCUT2D eigenvalue weighted by molar-refractivity contribution is 0.221. The molecule has 1 heterocycles. The Kier molecular flexibility index (Phi) is 2.98. The molecule has 1 aliphatic heterocycles. The number of aliphatic hydroxyl groups is 1. The van der Waals surface area contributed by atoms with Gasteiger partial charge in [0.2, 0.25) is 0 Å². The lowest BCUT2D eigenvalue weighted by atomic mass is 9.98. The van der Waals surface area contributed by atoms with Crippen LogP contribution in [-0.4, -0.2) is 11.7 Å². The summed E-state index contributed by atoms with van der Waals surface area (Å²) in [6.45, 7) is 0.932. The van der Waals surface area contributed by atoms with Crippen molar-refractivity contribution < 1.29 is 5.11 Å². The first-order valence-corrected chi connectivity index (χ1v) is 6.43. The van der Waals surface area contributed by atoms with Crippen molar-refractivity contribution >= 4 is 17.3 Å². The van der Waals surface area contributed by atoms with Crippen LogP contribution in [0.3, 0.4) is 0 Å². The number of para-hydroxylation sites is 1. The molecule has 1 unspecified atom stereocenters. The molecule has 92 valence electrons. The number of hydrogen-bond donors (Lipinski definition) is 2. The van der Waals surface area contributed by atoms with Crippen LogP contribution in [0.1, 0.15) is 22.8 Å². The fraction of sp³-hybridized carbons (Fsp3) is 0.200. The fourth-order valence-corrected chi connectivity index (χ4v) is 2.70. The minimum absolute atomic E-state index is 0.598. The Morgan fingerprint density at radius 2 is 1.83 bits per heavy atom. The van der Waals surface area contributed by atoms with Crippen molar-refractivity contribution in [3.63, 3.8) is 0 Å². The van der Waals surface area contributed by atoms with Gasteiger partial charge in [-0.25, -0.2) is 0 Å². The molecular weight excluding hydrogens is 246 g/mol. The Morgan fingerprint density at radius 1 is 1.06 bits per heavy atom. The van der Waals surface area contributed by atoms with Crippen LogP contribution in [0, 0.1) is 0 Å². The van der Waals surface area contributed by atoms with E-state index in [9.17, 15) is 5.11 Å². The zero-order chi connectivity index (χ0) is 12.5. The van der Waals surface area contributed by atoms with Crippen LogP contribution in [-0.2, 0) is 6.42 Å². The van der Waals surface area contributed by atoms with Gasteiger partial charge in [-0.2, -0.15) is 0 Å². The van der Waals surface area contributed by atoms with Gasteiger partial charge in [0.15, 0.2) is 0 Å². The Morgan fingerprint density at radius 3 is 2.67 bits per heavy atom. The summed E-state index contributed by atoms with van der Waals surface area (Å²) in [5, 5.41) is 14.4. The molecule has 0 spiro atoms. The Hall–Kier alpha value is -1.51. The van der Waals surface area contributed by atoms with Gasteiger partial charge in [0.25, 0.3) is 0 Å². The normalized spacial score (nSPS) is 15.0. The maximum atomic E-state index is 10.5. The molecule has 0 aromatic heterocycles. The Balaban J connectivity index is 2.06. The number of aliphatic hydroxyl groups excluding tert-OH is 1. The first-order valence-electron chi connectivity index (χ1n) is 6.05. The van der Waals surface area contributed by atoms with Crippen molar-refractivity contribution in [1.29, 1.82) is 0 Å². The molecule has 0 bridgehead atoms. The van der Waals surface area contributed by atoms with E-state index >= 15 is 0 Å². The first-order chi connectivity index (χ1) is 8.77. The molecule has 0 saturated carbocycles. The second kappa shape index (κ2) is 4.63. The molecule has 18 heavy (non-hydrogen) atoms. The Bertz CT molecular complexity index is 582. The highest BCUT2D eigenvalue weighted by atomic mass is 35.5. The number of nitrogens with one attached hydrogen (secondary N) is 1. The molecular formula is C15H14ClNO. The maximum absolute atomic E-state index is 10.5. The minimum atomic E-state index is -0.681. The highest BCUT2D eigenvalue weighted by Crippen LogP contribution is 2.35. The lowest BCUT2D eigenvalue weighted by Gasteiger charge is -2.16. The summed E-state index contributed by atoms with van der Waals surface area (Å²) < 4.78 is 0. The van der Waals surface area contributed by atoms with E-state index in [2.05, 4.69) is 11.4 Å². The van der Waals surface area contributed by atoms with Crippen molar-refractivity contribution in [1.82, 2.24) is 0 Å². The van der Waals surface area contributed by atoms with E-state index < -0.39 is 6.10 Å². The third-order valence-corrected chi connectivity index (χ3v) is 3.72. The van der Waals surface area contributed by atoms with Crippen molar-refractivity contribution in [3.05, 3.63) is 64.2 Å². The van der Waals surface area contributed by atoms with Gasteiger partial charge in [-0.15, -0.1) is 0 Å². The predicted molar refractivity (Wildman–Crippen MR) is 74.1 cm³/mol. The molecule has 0 amide bonds. The summed E-state index contributed by atoms with van der Waals surface area (Å²) in [7, 11) is 0. The zero-order valence-electron chi connectivity index (χ0n) is 9.86. The summed E-state index contributed by atoms with van der Waals surface area (Å²) in [5.41, 5.74) is 3.97. The first kappa shape index (κ1) is 11.6. The quantitative estimate of drug-likeness (QED) is 0.867. The van der Waals surface area contributed by atoms with Crippen LogP contribution >= 0.6 is 11.6 Å². The van der Waals surface area contributed by atoms with E-state index in [-0.39, 0.29) is 0 Å². The van der Waals surface area contributed by atoms with Crippen LogP contribution in [0.5, 0.6) is 0 Å². The summed E-state index contributed by atoms with van der Waals surface area (Å²) in [4.78, 5) is 0. The van der Waals surface area contributed by atoms with Crippen LogP contribution in [0.2, 0.25) is 5.02 Å². The van der Waals surface area contributed by atoms with E-state index in [4.69, 9.17) is 11.6 Å². The highest BCUT2D eigenvalue weighted by Gasteiger charge is 2.21. The molecule has 2 aromatic rings. The van der Waals surface area contributed by atoms with Crippen LogP contribution in [0.4, 0.5) is 5.69 Å². The summed E-state index contributed by atoms with van der Waals surface area (Å²) in [6, 6.07) is 13.5. The molecule has 1 atom stereocenters. The summed E-state index contributed by atoms with van der Waals surface area (Å²) >= 11 is 6.14. The van der Waals surface area contributed by atoms with Gasteiger partial charge >= 0.3 is 0 Å². The number of anilines is 1. The van der Waals surface area contributed by atoms with Gasteiger partial charge in [0.05, 0.1) is 0 Å². The fourth-order valence-electron chi connectivity index (χ4n) is 2.46. The average molecular weight is 260 g/mol. The molecule has 1 aliphatic rings. The van der Waals surface area contributed by atoms with E-state index in [1.807, 2.05) is 30.3 Å². The molecule has 0 radical (unpaired) electrons. The Labute approximate surface area is 111 Å². The van der Waals surface area contributed by atoms with E-state index in [0.717, 1.165) is 29.8 Å². The third-order valence-electron chi connectivity index (χ3n) is 3.37. The standard InChI is InChI=1S/C15H14ClNO/c16-13-7-2-1-5-11(13)15(18)12-6-3-4-10-8-9-17-14(10)12/h1-7,15,17-18H,8-9H2. The van der Waals surface area contributed by atoms with Crippen LogP contribution in [0.25, 0.3) is 0 Å². The number of benzene rings is 2. The van der Waals surface area contributed by atoms with Gasteiger partial charge in [-0.3, -0.25) is 0 Å². The molecule has 3 heteroatoms. The monoisotopic (exact) mass is 259 g/mol. The van der Waals surface area contributed by atoms with Crippen molar-refractivity contribution in [3.8, 4) is 0 Å². The van der Waals surface area contributed by atoms with Gasteiger partial charge < -0.3 is 10.4 Å². The summed E-state index contributed by atoms with van der Waals surface area (Å²) in [6.07, 6.45) is 0.331. The molecule has 3 rings (SSSR count). The smallest absolute Gasteiger partial charge is 0.107 e.